The lowest BCUT2D eigenvalue weighted by atomic mass is 10.1. The summed E-state index contributed by atoms with van der Waals surface area (Å²) in [6, 6.07) is 8.03. The summed E-state index contributed by atoms with van der Waals surface area (Å²) < 4.78 is 10.6. The number of hydrogen-bond donors (Lipinski definition) is 2. The number of aryl methyl sites for hydroxylation is 1. The number of nitrogens with zero attached hydrogens (tertiary/aromatic N) is 2. The third-order valence-corrected chi connectivity index (χ3v) is 5.72. The molecule has 1 fully saturated rings. The van der Waals surface area contributed by atoms with Crippen LogP contribution in [0.15, 0.2) is 29.1 Å². The molecule has 1 aliphatic heterocycles. The van der Waals surface area contributed by atoms with Gasteiger partial charge in [0.15, 0.2) is 5.11 Å². The second-order valence-corrected chi connectivity index (χ2v) is 8.05. The van der Waals surface area contributed by atoms with Crippen molar-refractivity contribution >= 4 is 28.2 Å². The topological polar surface area (TPSA) is 69.8 Å². The number of methoxy groups -OCH3 is 1. The van der Waals surface area contributed by atoms with Gasteiger partial charge in [-0.25, -0.2) is 0 Å². The molecule has 0 amide bonds. The van der Waals surface area contributed by atoms with Crippen molar-refractivity contribution in [2.45, 2.75) is 19.9 Å². The molecule has 0 saturated carbocycles. The molecule has 1 aromatic carbocycles. The highest BCUT2D eigenvalue weighted by atomic mass is 32.1. The number of ether oxygens (including phenoxy) is 2. The van der Waals surface area contributed by atoms with E-state index in [1.54, 1.807) is 7.11 Å². The average molecular weight is 433 g/mol. The van der Waals surface area contributed by atoms with E-state index in [2.05, 4.69) is 33.1 Å². The fourth-order valence-electron chi connectivity index (χ4n) is 3.56. The fourth-order valence-corrected chi connectivity index (χ4v) is 3.82. The highest BCUT2D eigenvalue weighted by Gasteiger charge is 2.16. The van der Waals surface area contributed by atoms with Gasteiger partial charge in [0, 0.05) is 57.5 Å². The number of benzene rings is 1. The van der Waals surface area contributed by atoms with E-state index in [9.17, 15) is 4.79 Å². The molecule has 0 unspecified atom stereocenters. The third kappa shape index (κ3) is 6.50. The number of aromatic amines is 1. The zero-order chi connectivity index (χ0) is 21.3. The Labute approximate surface area is 183 Å². The van der Waals surface area contributed by atoms with Gasteiger partial charge in [-0.1, -0.05) is 11.6 Å². The number of morpholine rings is 1. The summed E-state index contributed by atoms with van der Waals surface area (Å²) in [6.07, 6.45) is 0.879. The van der Waals surface area contributed by atoms with E-state index in [1.165, 1.54) is 5.56 Å². The van der Waals surface area contributed by atoms with Crippen LogP contribution in [0.2, 0.25) is 0 Å². The molecule has 30 heavy (non-hydrogen) atoms. The molecule has 3 rings (SSSR count). The predicted octanol–water partition coefficient (Wildman–Crippen LogP) is 1.88. The Morgan fingerprint density at radius 1 is 1.33 bits per heavy atom. The van der Waals surface area contributed by atoms with Crippen LogP contribution in [0, 0.1) is 6.92 Å². The molecule has 0 bridgehead atoms. The van der Waals surface area contributed by atoms with Crippen LogP contribution >= 0.6 is 12.2 Å². The second-order valence-electron chi connectivity index (χ2n) is 7.67. The molecule has 0 spiro atoms. The third-order valence-electron chi connectivity index (χ3n) is 5.32. The number of fused-ring (bicyclic) bond motifs is 1. The Morgan fingerprint density at radius 2 is 2.13 bits per heavy atom. The first kappa shape index (κ1) is 22.7. The molecule has 0 atom stereocenters. The van der Waals surface area contributed by atoms with Crippen molar-refractivity contribution < 1.29 is 9.47 Å². The first-order chi connectivity index (χ1) is 14.6. The summed E-state index contributed by atoms with van der Waals surface area (Å²) in [5.41, 5.74) is 2.68. The van der Waals surface area contributed by atoms with E-state index in [1.807, 2.05) is 18.2 Å². The first-order valence-corrected chi connectivity index (χ1v) is 10.9. The van der Waals surface area contributed by atoms with Crippen LogP contribution in [-0.2, 0) is 16.0 Å². The number of pyridine rings is 1. The van der Waals surface area contributed by atoms with Crippen molar-refractivity contribution in [3.05, 3.63) is 45.7 Å². The lowest BCUT2D eigenvalue weighted by Crippen LogP contribution is -2.46. The van der Waals surface area contributed by atoms with Crippen molar-refractivity contribution in [2.24, 2.45) is 0 Å². The highest BCUT2D eigenvalue weighted by Crippen LogP contribution is 2.14. The van der Waals surface area contributed by atoms with Crippen molar-refractivity contribution in [1.29, 1.82) is 0 Å². The van der Waals surface area contributed by atoms with Gasteiger partial charge in [-0.15, -0.1) is 0 Å². The molecular weight excluding hydrogens is 400 g/mol. The van der Waals surface area contributed by atoms with Crippen molar-refractivity contribution in [3.63, 3.8) is 0 Å². The quantitative estimate of drug-likeness (QED) is 0.463. The van der Waals surface area contributed by atoms with E-state index in [-0.39, 0.29) is 5.56 Å². The molecule has 0 radical (unpaired) electrons. The van der Waals surface area contributed by atoms with Gasteiger partial charge in [0.05, 0.1) is 19.8 Å². The Balaban J connectivity index is 1.72. The number of nitrogens with one attached hydrogen (secondary N) is 2. The second kappa shape index (κ2) is 11.4. The molecule has 1 aromatic heterocycles. The standard InChI is InChI=1S/C22H32N4O3S/c1-17-4-5-20-18(14-17)15-19(21(27)24-20)16-26(22(30)23-6-3-11-28-2)8-7-25-9-12-29-13-10-25/h4-5,14-15H,3,6-13,16H2,1-2H3,(H,23,30)(H,24,27). The lowest BCUT2D eigenvalue weighted by molar-refractivity contribution is 0.0357. The predicted molar refractivity (Wildman–Crippen MR) is 124 cm³/mol. The summed E-state index contributed by atoms with van der Waals surface area (Å²) in [5, 5.41) is 5.02. The van der Waals surface area contributed by atoms with Crippen LogP contribution in [-0.4, -0.2) is 79.6 Å². The van der Waals surface area contributed by atoms with E-state index in [4.69, 9.17) is 21.7 Å². The van der Waals surface area contributed by atoms with Gasteiger partial charge >= 0.3 is 0 Å². The minimum Gasteiger partial charge on any atom is -0.385 e. The van der Waals surface area contributed by atoms with Gasteiger partial charge in [-0.05, 0) is 49.1 Å². The number of aromatic nitrogens is 1. The van der Waals surface area contributed by atoms with Gasteiger partial charge in [-0.2, -0.15) is 0 Å². The maximum atomic E-state index is 12.7. The Morgan fingerprint density at radius 3 is 2.90 bits per heavy atom. The Hall–Kier alpha value is -2.00. The Kier molecular flexibility index (Phi) is 8.62. The first-order valence-electron chi connectivity index (χ1n) is 10.5. The molecule has 0 aliphatic carbocycles. The monoisotopic (exact) mass is 432 g/mol. The van der Waals surface area contributed by atoms with Gasteiger partial charge < -0.3 is 24.7 Å². The van der Waals surface area contributed by atoms with Gasteiger partial charge in [0.2, 0.25) is 0 Å². The van der Waals surface area contributed by atoms with Crippen molar-refractivity contribution in [1.82, 2.24) is 20.1 Å². The largest absolute Gasteiger partial charge is 0.385 e. The summed E-state index contributed by atoms with van der Waals surface area (Å²) in [4.78, 5) is 20.2. The van der Waals surface area contributed by atoms with Gasteiger partial charge in [0.1, 0.15) is 0 Å². The number of thiocarbonyl (C=S) groups is 1. The molecule has 2 heterocycles. The summed E-state index contributed by atoms with van der Waals surface area (Å²) in [6.45, 7) is 8.98. The fraction of sp³-hybridized carbons (Fsp3) is 0.545. The number of H-pyrrole nitrogens is 1. The van der Waals surface area contributed by atoms with Crippen LogP contribution in [0.4, 0.5) is 0 Å². The molecule has 164 valence electrons. The summed E-state index contributed by atoms with van der Waals surface area (Å²) in [7, 11) is 1.70. The van der Waals surface area contributed by atoms with Crippen molar-refractivity contribution in [3.8, 4) is 0 Å². The lowest BCUT2D eigenvalue weighted by Gasteiger charge is -2.31. The maximum Gasteiger partial charge on any atom is 0.253 e. The van der Waals surface area contributed by atoms with Crippen LogP contribution in [0.5, 0.6) is 0 Å². The minimum atomic E-state index is -0.0649. The van der Waals surface area contributed by atoms with Crippen LogP contribution in [0.3, 0.4) is 0 Å². The number of hydrogen-bond acceptors (Lipinski definition) is 5. The van der Waals surface area contributed by atoms with Gasteiger partial charge in [-0.3, -0.25) is 9.69 Å². The van der Waals surface area contributed by atoms with Crippen LogP contribution in [0.1, 0.15) is 17.5 Å². The smallest absolute Gasteiger partial charge is 0.253 e. The zero-order valence-electron chi connectivity index (χ0n) is 17.9. The molecule has 1 saturated heterocycles. The summed E-state index contributed by atoms with van der Waals surface area (Å²) in [5.74, 6) is 0. The SMILES string of the molecule is COCCCNC(=S)N(CCN1CCOCC1)Cc1cc2cc(C)ccc2[nH]c1=O. The van der Waals surface area contributed by atoms with Crippen molar-refractivity contribution in [2.75, 3.05) is 59.7 Å². The van der Waals surface area contributed by atoms with E-state index >= 15 is 0 Å². The number of rotatable bonds is 9. The van der Waals surface area contributed by atoms with E-state index in [0.29, 0.717) is 18.3 Å². The van der Waals surface area contributed by atoms with E-state index in [0.717, 1.165) is 68.8 Å². The minimum absolute atomic E-state index is 0.0649. The summed E-state index contributed by atoms with van der Waals surface area (Å²) >= 11 is 5.67. The van der Waals surface area contributed by atoms with Crippen LogP contribution < -0.4 is 10.9 Å². The average Bonchev–Trinajstić information content (AvgIpc) is 2.75. The highest BCUT2D eigenvalue weighted by molar-refractivity contribution is 7.80. The normalized spacial score (nSPS) is 14.7. The molecule has 2 aromatic rings. The van der Waals surface area contributed by atoms with Crippen LogP contribution in [0.25, 0.3) is 10.9 Å². The van der Waals surface area contributed by atoms with E-state index < -0.39 is 0 Å². The zero-order valence-corrected chi connectivity index (χ0v) is 18.7. The molecule has 7 nitrogen and oxygen atoms in total. The molecule has 2 N–H and O–H groups in total. The maximum absolute atomic E-state index is 12.7. The molecule has 8 heteroatoms. The molecular formula is C22H32N4O3S. The van der Waals surface area contributed by atoms with Gasteiger partial charge in [0.25, 0.3) is 5.56 Å². The molecule has 1 aliphatic rings. The Bertz CT molecular complexity index is 896.